The van der Waals surface area contributed by atoms with Gasteiger partial charge < -0.3 is 10.1 Å². The normalized spacial score (nSPS) is 16.1. The Morgan fingerprint density at radius 1 is 1.17 bits per heavy atom. The molecule has 6 nitrogen and oxygen atoms in total. The molecule has 1 aromatic carbocycles. The Hall–Kier alpha value is -2.55. The van der Waals surface area contributed by atoms with Gasteiger partial charge in [-0.3, -0.25) is 0 Å². The molecule has 29 heavy (non-hydrogen) atoms. The number of H-pyrrole nitrogens is 1. The van der Waals surface area contributed by atoms with Gasteiger partial charge in [-0.05, 0) is 49.1 Å². The SMILES string of the molecule is CS(=O)(=O)c1cccc(-c2cc3c(-c4cnc(C5(O)CCC5)s4)ccnc3[nH]2)c1. The number of nitrogens with zero attached hydrogens (tertiary/aromatic N) is 2. The van der Waals surface area contributed by atoms with E-state index in [9.17, 15) is 13.5 Å². The Balaban J connectivity index is 1.59. The first-order valence-corrected chi connectivity index (χ1v) is 12.0. The van der Waals surface area contributed by atoms with Crippen LogP contribution in [-0.2, 0) is 15.4 Å². The number of thiazole rings is 1. The standard InChI is InChI=1S/C21H19N3O3S2/c1-29(26,27)14-5-2-4-13(10-14)17-11-16-15(6-9-22-19(16)24-17)18-12-23-20(28-18)21(25)7-3-8-21/h2,4-6,9-12,25H,3,7-8H2,1H3,(H,22,24). The molecule has 3 heterocycles. The lowest BCUT2D eigenvalue weighted by Crippen LogP contribution is -2.33. The fourth-order valence-electron chi connectivity index (χ4n) is 3.63. The molecule has 1 fully saturated rings. The molecule has 0 atom stereocenters. The molecule has 5 rings (SSSR count). The van der Waals surface area contributed by atoms with Gasteiger partial charge in [-0.2, -0.15) is 0 Å². The van der Waals surface area contributed by atoms with Crippen molar-refractivity contribution in [2.75, 3.05) is 6.26 Å². The molecule has 4 aromatic rings. The van der Waals surface area contributed by atoms with E-state index in [4.69, 9.17) is 0 Å². The van der Waals surface area contributed by atoms with E-state index in [0.29, 0.717) is 0 Å². The second-order valence-electron chi connectivity index (χ2n) is 7.52. The third-order valence-corrected chi connectivity index (χ3v) is 7.79. The molecule has 2 N–H and O–H groups in total. The Morgan fingerprint density at radius 2 is 2.00 bits per heavy atom. The van der Waals surface area contributed by atoms with Crippen LogP contribution in [0.3, 0.4) is 0 Å². The van der Waals surface area contributed by atoms with Gasteiger partial charge in [0.15, 0.2) is 9.84 Å². The molecule has 1 saturated carbocycles. The maximum Gasteiger partial charge on any atom is 0.175 e. The number of fused-ring (bicyclic) bond motifs is 1. The monoisotopic (exact) mass is 425 g/mol. The molecular weight excluding hydrogens is 406 g/mol. The maximum absolute atomic E-state index is 11.9. The summed E-state index contributed by atoms with van der Waals surface area (Å²) < 4.78 is 23.8. The molecule has 0 aliphatic heterocycles. The first-order chi connectivity index (χ1) is 13.8. The molecule has 1 aliphatic carbocycles. The smallest absolute Gasteiger partial charge is 0.175 e. The highest BCUT2D eigenvalue weighted by atomic mass is 32.2. The van der Waals surface area contributed by atoms with E-state index in [2.05, 4.69) is 15.0 Å². The summed E-state index contributed by atoms with van der Waals surface area (Å²) >= 11 is 1.51. The summed E-state index contributed by atoms with van der Waals surface area (Å²) in [5.41, 5.74) is 2.52. The van der Waals surface area contributed by atoms with Gasteiger partial charge in [0.1, 0.15) is 16.3 Å². The number of hydrogen-bond acceptors (Lipinski definition) is 6. The summed E-state index contributed by atoms with van der Waals surface area (Å²) in [5.74, 6) is 0. The minimum Gasteiger partial charge on any atom is -0.383 e. The van der Waals surface area contributed by atoms with Crippen LogP contribution in [0.4, 0.5) is 0 Å². The van der Waals surface area contributed by atoms with Crippen molar-refractivity contribution in [3.8, 4) is 21.7 Å². The van der Waals surface area contributed by atoms with E-state index >= 15 is 0 Å². The Morgan fingerprint density at radius 3 is 2.72 bits per heavy atom. The van der Waals surface area contributed by atoms with Crippen molar-refractivity contribution in [2.24, 2.45) is 0 Å². The average Bonchev–Trinajstić information content (AvgIpc) is 3.32. The first kappa shape index (κ1) is 18.5. The Bertz CT molecular complexity index is 1330. The summed E-state index contributed by atoms with van der Waals surface area (Å²) in [6.45, 7) is 0. The number of rotatable bonds is 4. The van der Waals surface area contributed by atoms with Crippen molar-refractivity contribution in [3.63, 3.8) is 0 Å². The zero-order chi connectivity index (χ0) is 20.2. The third-order valence-electron chi connectivity index (χ3n) is 5.46. The zero-order valence-corrected chi connectivity index (χ0v) is 17.3. The van der Waals surface area contributed by atoms with E-state index in [0.717, 1.165) is 57.0 Å². The van der Waals surface area contributed by atoms with Gasteiger partial charge in [0.25, 0.3) is 0 Å². The van der Waals surface area contributed by atoms with Gasteiger partial charge in [0, 0.05) is 35.3 Å². The fraction of sp³-hybridized carbons (Fsp3) is 0.238. The summed E-state index contributed by atoms with van der Waals surface area (Å²) in [5, 5.41) is 12.3. The summed E-state index contributed by atoms with van der Waals surface area (Å²) in [6.07, 6.45) is 7.30. The lowest BCUT2D eigenvalue weighted by atomic mass is 9.81. The maximum atomic E-state index is 11.9. The number of hydrogen-bond donors (Lipinski definition) is 2. The quantitative estimate of drug-likeness (QED) is 0.513. The van der Waals surface area contributed by atoms with Gasteiger partial charge in [-0.1, -0.05) is 12.1 Å². The highest BCUT2D eigenvalue weighted by Crippen LogP contribution is 2.44. The van der Waals surface area contributed by atoms with Crippen LogP contribution in [0.1, 0.15) is 24.3 Å². The molecule has 1 aliphatic rings. The lowest BCUT2D eigenvalue weighted by molar-refractivity contribution is -0.0389. The van der Waals surface area contributed by atoms with Crippen LogP contribution in [0.15, 0.2) is 53.7 Å². The lowest BCUT2D eigenvalue weighted by Gasteiger charge is -2.34. The second kappa shape index (κ2) is 6.48. The van der Waals surface area contributed by atoms with E-state index < -0.39 is 15.4 Å². The Labute approximate surface area is 172 Å². The second-order valence-corrected chi connectivity index (χ2v) is 10.6. The number of aromatic nitrogens is 3. The van der Waals surface area contributed by atoms with Crippen molar-refractivity contribution in [1.29, 1.82) is 0 Å². The molecule has 0 saturated heterocycles. The fourth-order valence-corrected chi connectivity index (χ4v) is 5.40. The highest BCUT2D eigenvalue weighted by molar-refractivity contribution is 7.90. The predicted molar refractivity (Wildman–Crippen MR) is 113 cm³/mol. The minimum absolute atomic E-state index is 0.280. The first-order valence-electron chi connectivity index (χ1n) is 9.31. The average molecular weight is 426 g/mol. The molecule has 0 unspecified atom stereocenters. The molecule has 0 radical (unpaired) electrons. The third kappa shape index (κ3) is 3.17. The number of benzene rings is 1. The van der Waals surface area contributed by atoms with Crippen LogP contribution in [0.5, 0.6) is 0 Å². The molecule has 3 aromatic heterocycles. The topological polar surface area (TPSA) is 95.9 Å². The predicted octanol–water partition coefficient (Wildman–Crippen LogP) is 4.13. The van der Waals surface area contributed by atoms with Crippen LogP contribution >= 0.6 is 11.3 Å². The van der Waals surface area contributed by atoms with Crippen molar-refractivity contribution in [2.45, 2.75) is 29.8 Å². The van der Waals surface area contributed by atoms with Crippen LogP contribution in [-0.4, -0.2) is 34.7 Å². The van der Waals surface area contributed by atoms with Crippen molar-refractivity contribution in [3.05, 3.63) is 53.8 Å². The van der Waals surface area contributed by atoms with Gasteiger partial charge >= 0.3 is 0 Å². The van der Waals surface area contributed by atoms with Crippen LogP contribution < -0.4 is 0 Å². The van der Waals surface area contributed by atoms with Crippen LogP contribution in [0.2, 0.25) is 0 Å². The highest BCUT2D eigenvalue weighted by Gasteiger charge is 2.39. The van der Waals surface area contributed by atoms with E-state index in [1.54, 1.807) is 24.4 Å². The van der Waals surface area contributed by atoms with Crippen molar-refractivity contribution >= 4 is 32.2 Å². The van der Waals surface area contributed by atoms with Crippen LogP contribution in [0, 0.1) is 0 Å². The van der Waals surface area contributed by atoms with E-state index in [-0.39, 0.29) is 4.90 Å². The van der Waals surface area contributed by atoms with Crippen molar-refractivity contribution < 1.29 is 13.5 Å². The number of aromatic amines is 1. The minimum atomic E-state index is -3.28. The number of nitrogens with one attached hydrogen (secondary N) is 1. The number of pyridine rings is 1. The molecular formula is C21H19N3O3S2. The van der Waals surface area contributed by atoms with E-state index in [1.807, 2.05) is 24.4 Å². The Kier molecular flexibility index (Phi) is 4.13. The van der Waals surface area contributed by atoms with Gasteiger partial charge in [-0.15, -0.1) is 11.3 Å². The van der Waals surface area contributed by atoms with Gasteiger partial charge in [0.05, 0.1) is 9.77 Å². The summed E-state index contributed by atoms with van der Waals surface area (Å²) in [6, 6.07) is 10.8. The van der Waals surface area contributed by atoms with Crippen molar-refractivity contribution in [1.82, 2.24) is 15.0 Å². The van der Waals surface area contributed by atoms with Crippen LogP contribution in [0.25, 0.3) is 32.7 Å². The number of aliphatic hydroxyl groups is 1. The van der Waals surface area contributed by atoms with Gasteiger partial charge in [-0.25, -0.2) is 18.4 Å². The largest absolute Gasteiger partial charge is 0.383 e. The molecule has 0 amide bonds. The zero-order valence-electron chi connectivity index (χ0n) is 15.7. The van der Waals surface area contributed by atoms with E-state index in [1.165, 1.54) is 17.6 Å². The molecule has 0 spiro atoms. The molecule has 148 valence electrons. The molecule has 8 heteroatoms. The summed E-state index contributed by atoms with van der Waals surface area (Å²) in [4.78, 5) is 13.4. The summed E-state index contributed by atoms with van der Waals surface area (Å²) in [7, 11) is -3.28. The van der Waals surface area contributed by atoms with Gasteiger partial charge in [0.2, 0.25) is 0 Å². The molecule has 0 bridgehead atoms. The number of sulfone groups is 1.